The first-order valence-corrected chi connectivity index (χ1v) is 6.84. The molecule has 0 amide bonds. The Morgan fingerprint density at radius 3 is 2.33 bits per heavy atom. The Labute approximate surface area is 110 Å². The quantitative estimate of drug-likeness (QED) is 0.790. The van der Waals surface area contributed by atoms with Crippen molar-refractivity contribution >= 4 is 0 Å². The van der Waals surface area contributed by atoms with Gasteiger partial charge in [0.2, 0.25) is 0 Å². The van der Waals surface area contributed by atoms with E-state index in [4.69, 9.17) is 9.47 Å². The van der Waals surface area contributed by atoms with Gasteiger partial charge in [-0.15, -0.1) is 0 Å². The lowest BCUT2D eigenvalue weighted by Gasteiger charge is -2.24. The Kier molecular flexibility index (Phi) is 3.56. The van der Waals surface area contributed by atoms with Crippen LogP contribution in [0.2, 0.25) is 0 Å². The van der Waals surface area contributed by atoms with E-state index in [0.717, 1.165) is 11.5 Å². The van der Waals surface area contributed by atoms with Gasteiger partial charge < -0.3 is 9.47 Å². The number of rotatable bonds is 4. The zero-order valence-electron chi connectivity index (χ0n) is 12.1. The maximum Gasteiger partial charge on any atom is 0.127 e. The second-order valence-corrected chi connectivity index (χ2v) is 6.39. The fourth-order valence-corrected chi connectivity index (χ4v) is 1.93. The molecule has 0 saturated heterocycles. The minimum atomic E-state index is 0.0978. The first-order chi connectivity index (χ1) is 8.36. The van der Waals surface area contributed by atoms with Gasteiger partial charge in [-0.3, -0.25) is 0 Å². The third kappa shape index (κ3) is 3.41. The van der Waals surface area contributed by atoms with E-state index in [9.17, 15) is 0 Å². The van der Waals surface area contributed by atoms with Crippen molar-refractivity contribution in [2.24, 2.45) is 0 Å². The second-order valence-electron chi connectivity index (χ2n) is 6.39. The summed E-state index contributed by atoms with van der Waals surface area (Å²) in [6.45, 7) is 10.7. The Balaban J connectivity index is 2.28. The number of hydrogen-bond donors (Lipinski definition) is 0. The minimum Gasteiger partial charge on any atom is -0.491 e. The van der Waals surface area contributed by atoms with Crippen LogP contribution in [0.4, 0.5) is 0 Å². The molecule has 0 atom stereocenters. The van der Waals surface area contributed by atoms with E-state index in [-0.39, 0.29) is 11.5 Å². The van der Waals surface area contributed by atoms with Gasteiger partial charge in [-0.1, -0.05) is 26.8 Å². The monoisotopic (exact) mass is 248 g/mol. The van der Waals surface area contributed by atoms with Crippen LogP contribution < -0.4 is 9.47 Å². The van der Waals surface area contributed by atoms with Crippen molar-refractivity contribution in [2.45, 2.75) is 65.1 Å². The fourth-order valence-electron chi connectivity index (χ4n) is 1.93. The Bertz CT molecular complexity index is 412. The summed E-state index contributed by atoms with van der Waals surface area (Å²) in [6.07, 6.45) is 2.97. The van der Waals surface area contributed by atoms with Crippen LogP contribution in [0.1, 0.15) is 53.0 Å². The summed E-state index contributed by atoms with van der Waals surface area (Å²) in [6, 6.07) is 6.22. The van der Waals surface area contributed by atoms with Gasteiger partial charge in [-0.05, 0) is 43.7 Å². The molecule has 1 aliphatic rings. The molecule has 0 radical (unpaired) electrons. The van der Waals surface area contributed by atoms with Crippen LogP contribution in [0, 0.1) is 0 Å². The van der Waals surface area contributed by atoms with Gasteiger partial charge in [0.05, 0.1) is 12.2 Å². The van der Waals surface area contributed by atoms with Crippen molar-refractivity contribution in [1.29, 1.82) is 0 Å². The molecule has 2 nitrogen and oxygen atoms in total. The van der Waals surface area contributed by atoms with E-state index in [2.05, 4.69) is 26.8 Å². The van der Waals surface area contributed by atoms with Gasteiger partial charge in [-0.2, -0.15) is 0 Å². The molecule has 0 N–H and O–H groups in total. The molecule has 100 valence electrons. The number of hydrogen-bond acceptors (Lipinski definition) is 2. The van der Waals surface area contributed by atoms with Crippen LogP contribution >= 0.6 is 0 Å². The zero-order chi connectivity index (χ0) is 13.3. The van der Waals surface area contributed by atoms with E-state index in [1.165, 1.54) is 18.4 Å². The van der Waals surface area contributed by atoms with Crippen LogP contribution in [0.3, 0.4) is 0 Å². The highest BCUT2D eigenvalue weighted by atomic mass is 16.5. The molecule has 0 aliphatic heterocycles. The van der Waals surface area contributed by atoms with Crippen LogP contribution in [0.15, 0.2) is 18.2 Å². The van der Waals surface area contributed by atoms with Crippen molar-refractivity contribution in [3.63, 3.8) is 0 Å². The summed E-state index contributed by atoms with van der Waals surface area (Å²) in [4.78, 5) is 0. The SMILES string of the molecule is CC(C)Oc1ccc(C(C)(C)C)c(OC2CC2)c1. The zero-order valence-corrected chi connectivity index (χ0v) is 12.1. The summed E-state index contributed by atoms with van der Waals surface area (Å²) in [7, 11) is 0. The highest BCUT2D eigenvalue weighted by Gasteiger charge is 2.27. The Morgan fingerprint density at radius 1 is 1.17 bits per heavy atom. The molecule has 1 aromatic rings. The summed E-state index contributed by atoms with van der Waals surface area (Å²) >= 11 is 0. The summed E-state index contributed by atoms with van der Waals surface area (Å²) in [5.41, 5.74) is 1.35. The van der Waals surface area contributed by atoms with Crippen molar-refractivity contribution in [3.8, 4) is 11.5 Å². The van der Waals surface area contributed by atoms with Crippen LogP contribution in [0.25, 0.3) is 0 Å². The van der Waals surface area contributed by atoms with E-state index in [0.29, 0.717) is 6.10 Å². The van der Waals surface area contributed by atoms with Crippen molar-refractivity contribution < 1.29 is 9.47 Å². The lowest BCUT2D eigenvalue weighted by molar-refractivity contribution is 0.238. The molecule has 0 bridgehead atoms. The first kappa shape index (κ1) is 13.3. The topological polar surface area (TPSA) is 18.5 Å². The maximum absolute atomic E-state index is 6.03. The molecule has 18 heavy (non-hydrogen) atoms. The van der Waals surface area contributed by atoms with Gasteiger partial charge in [0, 0.05) is 6.07 Å². The lowest BCUT2D eigenvalue weighted by atomic mass is 9.86. The summed E-state index contributed by atoms with van der Waals surface area (Å²) in [5, 5.41) is 0. The summed E-state index contributed by atoms with van der Waals surface area (Å²) < 4.78 is 11.8. The Morgan fingerprint density at radius 2 is 1.83 bits per heavy atom. The average Bonchev–Trinajstić information content (AvgIpc) is 2.98. The van der Waals surface area contributed by atoms with E-state index < -0.39 is 0 Å². The molecule has 1 saturated carbocycles. The number of benzene rings is 1. The summed E-state index contributed by atoms with van der Waals surface area (Å²) in [5.74, 6) is 1.89. The normalized spacial score (nSPS) is 15.9. The highest BCUT2D eigenvalue weighted by molar-refractivity contribution is 5.44. The van der Waals surface area contributed by atoms with Crippen LogP contribution in [-0.2, 0) is 5.41 Å². The molecule has 0 heterocycles. The Hall–Kier alpha value is -1.18. The van der Waals surface area contributed by atoms with Gasteiger partial charge in [-0.25, -0.2) is 0 Å². The predicted molar refractivity (Wildman–Crippen MR) is 74.6 cm³/mol. The highest BCUT2D eigenvalue weighted by Crippen LogP contribution is 2.37. The molecular weight excluding hydrogens is 224 g/mol. The van der Waals surface area contributed by atoms with Crippen molar-refractivity contribution in [2.75, 3.05) is 0 Å². The smallest absolute Gasteiger partial charge is 0.127 e. The second kappa shape index (κ2) is 4.83. The molecule has 0 spiro atoms. The largest absolute Gasteiger partial charge is 0.491 e. The van der Waals surface area contributed by atoms with Crippen LogP contribution in [-0.4, -0.2) is 12.2 Å². The van der Waals surface area contributed by atoms with Crippen LogP contribution in [0.5, 0.6) is 11.5 Å². The van der Waals surface area contributed by atoms with Gasteiger partial charge in [0.25, 0.3) is 0 Å². The van der Waals surface area contributed by atoms with E-state index in [1.807, 2.05) is 26.0 Å². The standard InChI is InChI=1S/C16H24O2/c1-11(2)17-13-8-9-14(16(3,4)5)15(10-13)18-12-6-7-12/h8-12H,6-7H2,1-5H3. The molecule has 1 fully saturated rings. The lowest BCUT2D eigenvalue weighted by Crippen LogP contribution is -2.14. The third-order valence-corrected chi connectivity index (χ3v) is 2.95. The van der Waals surface area contributed by atoms with Crippen molar-refractivity contribution in [3.05, 3.63) is 23.8 Å². The van der Waals surface area contributed by atoms with Gasteiger partial charge in [0.15, 0.2) is 0 Å². The molecule has 2 rings (SSSR count). The molecule has 1 aliphatic carbocycles. The molecule has 1 aromatic carbocycles. The molecule has 0 aromatic heterocycles. The van der Waals surface area contributed by atoms with Gasteiger partial charge in [0.1, 0.15) is 11.5 Å². The van der Waals surface area contributed by atoms with E-state index >= 15 is 0 Å². The minimum absolute atomic E-state index is 0.0978. The average molecular weight is 248 g/mol. The van der Waals surface area contributed by atoms with Crippen molar-refractivity contribution in [1.82, 2.24) is 0 Å². The number of ether oxygens (including phenoxy) is 2. The molecule has 0 unspecified atom stereocenters. The third-order valence-electron chi connectivity index (χ3n) is 2.95. The predicted octanol–water partition coefficient (Wildman–Crippen LogP) is 4.31. The fraction of sp³-hybridized carbons (Fsp3) is 0.625. The first-order valence-electron chi connectivity index (χ1n) is 6.84. The molecular formula is C16H24O2. The van der Waals surface area contributed by atoms with Gasteiger partial charge >= 0.3 is 0 Å². The van der Waals surface area contributed by atoms with E-state index in [1.54, 1.807) is 0 Å². The molecule has 2 heteroatoms. The maximum atomic E-state index is 6.03.